The van der Waals surface area contributed by atoms with Gasteiger partial charge in [0.15, 0.2) is 0 Å². The highest BCUT2D eigenvalue weighted by Gasteiger charge is 2.17. The first-order valence-electron chi connectivity index (χ1n) is 18.7. The van der Waals surface area contributed by atoms with Crippen LogP contribution in [0.25, 0.3) is 84.5 Å². The molecule has 0 aliphatic heterocycles. The molecule has 0 aliphatic rings. The number of hydrogen-bond acceptors (Lipinski definition) is 3. The van der Waals surface area contributed by atoms with Crippen molar-refractivity contribution in [3.05, 3.63) is 200 Å². The van der Waals surface area contributed by atoms with E-state index in [1.165, 1.54) is 84.5 Å². The Kier molecular flexibility index (Phi) is 7.61. The van der Waals surface area contributed by atoms with Gasteiger partial charge in [0.2, 0.25) is 0 Å². The normalized spacial score (nSPS) is 11.6. The van der Waals surface area contributed by atoms with Crippen LogP contribution in [0.5, 0.6) is 0 Å². The van der Waals surface area contributed by atoms with Gasteiger partial charge in [-0.15, -0.1) is 22.7 Å². The zero-order valence-electron chi connectivity index (χ0n) is 29.8. The van der Waals surface area contributed by atoms with E-state index in [9.17, 15) is 0 Å². The van der Waals surface area contributed by atoms with Crippen LogP contribution in [-0.2, 0) is 0 Å². The zero-order valence-corrected chi connectivity index (χ0v) is 31.4. The Morgan fingerprint density at radius 2 is 0.891 bits per heavy atom. The van der Waals surface area contributed by atoms with E-state index >= 15 is 0 Å². The third kappa shape index (κ3) is 5.51. The predicted molar refractivity (Wildman–Crippen MR) is 241 cm³/mol. The highest BCUT2D eigenvalue weighted by molar-refractivity contribution is 7.26. The Morgan fingerprint density at radius 3 is 1.67 bits per heavy atom. The van der Waals surface area contributed by atoms with E-state index in [0.717, 1.165) is 17.1 Å². The maximum Gasteiger partial charge on any atom is 0.0467 e. The lowest BCUT2D eigenvalue weighted by atomic mass is 9.98. The quantitative estimate of drug-likeness (QED) is 0.164. The van der Waals surface area contributed by atoms with Crippen LogP contribution in [0.15, 0.2) is 200 Å². The van der Waals surface area contributed by atoms with Crippen LogP contribution in [0.1, 0.15) is 0 Å². The van der Waals surface area contributed by atoms with E-state index in [2.05, 4.69) is 205 Å². The van der Waals surface area contributed by atoms with Crippen molar-refractivity contribution in [2.75, 3.05) is 4.90 Å². The summed E-state index contributed by atoms with van der Waals surface area (Å²) in [5, 5.41) is 7.89. The summed E-state index contributed by atoms with van der Waals surface area (Å²) >= 11 is 3.76. The highest BCUT2D eigenvalue weighted by atomic mass is 32.1. The van der Waals surface area contributed by atoms with Gasteiger partial charge in [-0.25, -0.2) is 0 Å². The van der Waals surface area contributed by atoms with Crippen molar-refractivity contribution in [1.82, 2.24) is 0 Å². The second-order valence-electron chi connectivity index (χ2n) is 14.1. The molecule has 0 saturated carbocycles. The van der Waals surface area contributed by atoms with E-state index < -0.39 is 0 Å². The molecule has 0 spiro atoms. The molecule has 55 heavy (non-hydrogen) atoms. The summed E-state index contributed by atoms with van der Waals surface area (Å²) in [7, 11) is 0. The Balaban J connectivity index is 1.02. The van der Waals surface area contributed by atoms with E-state index in [4.69, 9.17) is 0 Å². The Labute approximate surface area is 327 Å². The lowest BCUT2D eigenvalue weighted by Gasteiger charge is -2.26. The van der Waals surface area contributed by atoms with Gasteiger partial charge in [0.1, 0.15) is 0 Å². The molecule has 0 bridgehead atoms. The number of nitrogens with zero attached hydrogens (tertiary/aromatic N) is 1. The monoisotopic (exact) mass is 735 g/mol. The van der Waals surface area contributed by atoms with Crippen molar-refractivity contribution < 1.29 is 0 Å². The van der Waals surface area contributed by atoms with Crippen molar-refractivity contribution in [3.8, 4) is 33.4 Å². The highest BCUT2D eigenvalue weighted by Crippen LogP contribution is 2.44. The Bertz CT molecular complexity index is 3190. The fourth-order valence-electron chi connectivity index (χ4n) is 8.19. The second-order valence-corrected chi connectivity index (χ2v) is 16.2. The number of thiophene rings is 2. The average molecular weight is 736 g/mol. The van der Waals surface area contributed by atoms with Gasteiger partial charge in [0.05, 0.1) is 0 Å². The molecular weight excluding hydrogens is 703 g/mol. The lowest BCUT2D eigenvalue weighted by Crippen LogP contribution is -2.10. The molecule has 0 atom stereocenters. The van der Waals surface area contributed by atoms with Crippen molar-refractivity contribution in [1.29, 1.82) is 0 Å². The summed E-state index contributed by atoms with van der Waals surface area (Å²) in [5.41, 5.74) is 10.6. The Morgan fingerprint density at radius 1 is 0.309 bits per heavy atom. The summed E-state index contributed by atoms with van der Waals surface area (Å²) in [6, 6.07) is 73.3. The van der Waals surface area contributed by atoms with Crippen LogP contribution in [0.2, 0.25) is 0 Å². The van der Waals surface area contributed by atoms with Gasteiger partial charge in [0, 0.05) is 62.8 Å². The molecule has 3 heteroatoms. The van der Waals surface area contributed by atoms with Crippen molar-refractivity contribution in [2.45, 2.75) is 0 Å². The van der Waals surface area contributed by atoms with Gasteiger partial charge in [-0.05, 0) is 99.4 Å². The minimum Gasteiger partial charge on any atom is -0.310 e. The topological polar surface area (TPSA) is 3.24 Å². The molecular formula is C52H33NS2. The maximum atomic E-state index is 2.38. The minimum atomic E-state index is 1.11. The zero-order chi connectivity index (χ0) is 36.3. The first kappa shape index (κ1) is 32.0. The SMILES string of the molecule is c1ccc(-c2ccc(N(c3ccc(-c4ccc5ccc6c7ccccc7sc6c5c4)cc3)c3cccc(-c4cccc5sc6ccccc6c45)c3)cc2)cc1. The molecule has 11 aromatic rings. The molecule has 9 aromatic carbocycles. The van der Waals surface area contributed by atoms with Crippen LogP contribution >= 0.6 is 22.7 Å². The van der Waals surface area contributed by atoms with Crippen molar-refractivity contribution in [3.63, 3.8) is 0 Å². The van der Waals surface area contributed by atoms with Gasteiger partial charge in [-0.3, -0.25) is 0 Å². The fourth-order valence-corrected chi connectivity index (χ4v) is 10.6. The number of hydrogen-bond donors (Lipinski definition) is 0. The number of rotatable bonds is 6. The van der Waals surface area contributed by atoms with Gasteiger partial charge in [-0.2, -0.15) is 0 Å². The maximum absolute atomic E-state index is 2.38. The summed E-state index contributed by atoms with van der Waals surface area (Å²) in [6.07, 6.45) is 0. The molecule has 1 nitrogen and oxygen atoms in total. The van der Waals surface area contributed by atoms with Crippen LogP contribution in [0.4, 0.5) is 17.1 Å². The van der Waals surface area contributed by atoms with Crippen LogP contribution in [0, 0.1) is 0 Å². The smallest absolute Gasteiger partial charge is 0.0467 e. The van der Waals surface area contributed by atoms with Crippen LogP contribution in [0.3, 0.4) is 0 Å². The molecule has 258 valence electrons. The summed E-state index contributed by atoms with van der Waals surface area (Å²) < 4.78 is 5.32. The standard InChI is InChI=1S/C52H33NS2/c1-2-10-34(11-3-1)35-22-27-40(28-23-35)53(42-13-8-12-39(32-42)43-16-9-19-50-51(43)46-15-5-7-18-49(46)54-50)41-29-24-36(25-30-41)38-21-20-37-26-31-45-44-14-4-6-17-48(44)55-52(45)47(37)33-38/h1-33H. The van der Waals surface area contributed by atoms with E-state index in [1.54, 1.807) is 0 Å². The van der Waals surface area contributed by atoms with E-state index in [0.29, 0.717) is 0 Å². The van der Waals surface area contributed by atoms with E-state index in [1.807, 2.05) is 22.7 Å². The van der Waals surface area contributed by atoms with Gasteiger partial charge < -0.3 is 4.90 Å². The average Bonchev–Trinajstić information content (AvgIpc) is 3.84. The summed E-state index contributed by atoms with van der Waals surface area (Å²) in [6.45, 7) is 0. The van der Waals surface area contributed by atoms with Crippen molar-refractivity contribution in [2.24, 2.45) is 0 Å². The van der Waals surface area contributed by atoms with E-state index in [-0.39, 0.29) is 0 Å². The molecule has 0 unspecified atom stereocenters. The molecule has 0 amide bonds. The van der Waals surface area contributed by atoms with Gasteiger partial charge in [-0.1, -0.05) is 140 Å². The molecule has 11 rings (SSSR count). The first-order valence-corrected chi connectivity index (χ1v) is 20.3. The first-order chi connectivity index (χ1) is 27.2. The summed E-state index contributed by atoms with van der Waals surface area (Å²) in [5.74, 6) is 0. The van der Waals surface area contributed by atoms with Gasteiger partial charge in [0.25, 0.3) is 0 Å². The second kappa shape index (κ2) is 13.1. The largest absolute Gasteiger partial charge is 0.310 e. The third-order valence-electron chi connectivity index (χ3n) is 10.9. The molecule has 0 saturated heterocycles. The van der Waals surface area contributed by atoms with Gasteiger partial charge >= 0.3 is 0 Å². The minimum absolute atomic E-state index is 1.11. The number of anilines is 3. The molecule has 2 heterocycles. The molecule has 2 aromatic heterocycles. The van der Waals surface area contributed by atoms with Crippen molar-refractivity contribution >= 4 is 90.9 Å². The fraction of sp³-hybridized carbons (Fsp3) is 0. The summed E-state index contributed by atoms with van der Waals surface area (Å²) in [4.78, 5) is 2.38. The number of fused-ring (bicyclic) bond motifs is 8. The van der Waals surface area contributed by atoms with Crippen LogP contribution < -0.4 is 4.90 Å². The third-order valence-corrected chi connectivity index (χ3v) is 13.2. The molecule has 0 N–H and O–H groups in total. The molecule has 0 aliphatic carbocycles. The molecule has 0 radical (unpaired) electrons. The Hall–Kier alpha value is -6.52. The number of benzene rings is 9. The predicted octanol–water partition coefficient (Wildman–Crippen LogP) is 16.0. The molecule has 0 fully saturated rings. The van der Waals surface area contributed by atoms with Crippen LogP contribution in [-0.4, -0.2) is 0 Å². The lowest BCUT2D eigenvalue weighted by molar-refractivity contribution is 1.28.